The average Bonchev–Trinajstić information content (AvgIpc) is 2.83. The summed E-state index contributed by atoms with van der Waals surface area (Å²) in [6.07, 6.45) is 1.08. The summed E-state index contributed by atoms with van der Waals surface area (Å²) in [5.74, 6) is 0.900. The Morgan fingerprint density at radius 2 is 2.00 bits per heavy atom. The summed E-state index contributed by atoms with van der Waals surface area (Å²) in [4.78, 5) is 10.4. The molecule has 0 atom stereocenters. The van der Waals surface area contributed by atoms with Gasteiger partial charge in [0.15, 0.2) is 5.82 Å². The zero-order chi connectivity index (χ0) is 12.3. The smallest absolute Gasteiger partial charge is 0.153 e. The van der Waals surface area contributed by atoms with Crippen LogP contribution in [0.4, 0.5) is 5.82 Å². The minimum Gasteiger partial charge on any atom is -0.368 e. The molecule has 2 heterocycles. The normalized spacial score (nSPS) is 10.5. The van der Waals surface area contributed by atoms with Gasteiger partial charge in [-0.15, -0.1) is 11.3 Å². The van der Waals surface area contributed by atoms with Crippen LogP contribution >= 0.6 is 11.3 Å². The number of rotatable bonds is 4. The molecule has 0 spiro atoms. The SMILES string of the molecule is CCCNc1nc(C)c(C)nc1-c1cccs1. The van der Waals surface area contributed by atoms with Crippen molar-refractivity contribution in [1.29, 1.82) is 0 Å². The molecular formula is C13H17N3S. The fourth-order valence-electron chi connectivity index (χ4n) is 1.55. The van der Waals surface area contributed by atoms with E-state index in [1.165, 1.54) is 4.88 Å². The third-order valence-electron chi connectivity index (χ3n) is 2.60. The number of thiophene rings is 1. The predicted molar refractivity (Wildman–Crippen MR) is 73.6 cm³/mol. The molecule has 2 aromatic heterocycles. The van der Waals surface area contributed by atoms with Crippen molar-refractivity contribution in [3.63, 3.8) is 0 Å². The van der Waals surface area contributed by atoms with Crippen LogP contribution < -0.4 is 5.32 Å². The Morgan fingerprint density at radius 1 is 1.24 bits per heavy atom. The fraction of sp³-hybridized carbons (Fsp3) is 0.385. The molecule has 4 heteroatoms. The lowest BCUT2D eigenvalue weighted by Gasteiger charge is -2.11. The number of nitrogens with one attached hydrogen (secondary N) is 1. The summed E-state index contributed by atoms with van der Waals surface area (Å²) in [5.41, 5.74) is 2.95. The third-order valence-corrected chi connectivity index (χ3v) is 3.48. The van der Waals surface area contributed by atoms with E-state index in [2.05, 4.69) is 33.7 Å². The van der Waals surface area contributed by atoms with E-state index >= 15 is 0 Å². The number of aromatic nitrogens is 2. The van der Waals surface area contributed by atoms with Gasteiger partial charge in [0, 0.05) is 6.54 Å². The van der Waals surface area contributed by atoms with E-state index in [-0.39, 0.29) is 0 Å². The van der Waals surface area contributed by atoms with Gasteiger partial charge in [0.25, 0.3) is 0 Å². The summed E-state index contributed by atoms with van der Waals surface area (Å²) < 4.78 is 0. The maximum absolute atomic E-state index is 4.65. The standard InChI is InChI=1S/C13H17N3S/c1-4-7-14-13-12(11-6-5-8-17-11)15-9(2)10(3)16-13/h5-6,8H,4,7H2,1-3H3,(H,14,16). The second kappa shape index (κ2) is 5.27. The maximum atomic E-state index is 4.65. The number of hydrogen-bond acceptors (Lipinski definition) is 4. The molecule has 17 heavy (non-hydrogen) atoms. The van der Waals surface area contributed by atoms with Crippen molar-refractivity contribution in [2.24, 2.45) is 0 Å². The first kappa shape index (κ1) is 12.0. The van der Waals surface area contributed by atoms with E-state index in [1.807, 2.05) is 19.9 Å². The Labute approximate surface area is 106 Å². The summed E-state index contributed by atoms with van der Waals surface area (Å²) in [7, 11) is 0. The summed E-state index contributed by atoms with van der Waals surface area (Å²) >= 11 is 1.70. The van der Waals surface area contributed by atoms with Gasteiger partial charge in [-0.3, -0.25) is 0 Å². The number of aryl methyl sites for hydroxylation is 2. The van der Waals surface area contributed by atoms with Crippen molar-refractivity contribution in [2.75, 3.05) is 11.9 Å². The fourth-order valence-corrected chi connectivity index (χ4v) is 2.27. The monoisotopic (exact) mass is 247 g/mol. The van der Waals surface area contributed by atoms with Gasteiger partial charge in [-0.2, -0.15) is 0 Å². The minimum absolute atomic E-state index is 0.900. The molecule has 2 aromatic rings. The molecule has 1 N–H and O–H groups in total. The summed E-state index contributed by atoms with van der Waals surface area (Å²) in [6.45, 7) is 7.07. The van der Waals surface area contributed by atoms with Crippen LogP contribution in [0.2, 0.25) is 0 Å². The molecule has 90 valence electrons. The van der Waals surface area contributed by atoms with Crippen LogP contribution in [-0.4, -0.2) is 16.5 Å². The first-order valence-electron chi connectivity index (χ1n) is 5.85. The van der Waals surface area contributed by atoms with Crippen LogP contribution in [0.3, 0.4) is 0 Å². The Hall–Kier alpha value is -1.42. The van der Waals surface area contributed by atoms with E-state index < -0.39 is 0 Å². The number of anilines is 1. The molecule has 2 rings (SSSR count). The van der Waals surface area contributed by atoms with Crippen molar-refractivity contribution in [2.45, 2.75) is 27.2 Å². The largest absolute Gasteiger partial charge is 0.368 e. The highest BCUT2D eigenvalue weighted by atomic mass is 32.1. The van der Waals surface area contributed by atoms with Crippen LogP contribution in [0.15, 0.2) is 17.5 Å². The first-order chi connectivity index (χ1) is 8.22. The molecular weight excluding hydrogens is 230 g/mol. The Bertz CT molecular complexity index is 492. The van der Waals surface area contributed by atoms with Crippen LogP contribution in [0.5, 0.6) is 0 Å². The van der Waals surface area contributed by atoms with Crippen molar-refractivity contribution in [3.8, 4) is 10.6 Å². The molecule has 0 aliphatic carbocycles. The first-order valence-corrected chi connectivity index (χ1v) is 6.73. The zero-order valence-electron chi connectivity index (χ0n) is 10.4. The Kier molecular flexibility index (Phi) is 3.74. The predicted octanol–water partition coefficient (Wildman–Crippen LogP) is 3.64. The molecule has 0 unspecified atom stereocenters. The Balaban J connectivity index is 2.44. The van der Waals surface area contributed by atoms with Crippen LogP contribution in [0, 0.1) is 13.8 Å². The molecule has 3 nitrogen and oxygen atoms in total. The Morgan fingerprint density at radius 3 is 2.65 bits per heavy atom. The second-order valence-electron chi connectivity index (χ2n) is 4.00. The van der Waals surface area contributed by atoms with Crippen LogP contribution in [-0.2, 0) is 0 Å². The van der Waals surface area contributed by atoms with Crippen molar-refractivity contribution in [1.82, 2.24) is 9.97 Å². The van der Waals surface area contributed by atoms with Gasteiger partial charge >= 0.3 is 0 Å². The van der Waals surface area contributed by atoms with Crippen molar-refractivity contribution >= 4 is 17.2 Å². The van der Waals surface area contributed by atoms with Gasteiger partial charge in [0.2, 0.25) is 0 Å². The second-order valence-corrected chi connectivity index (χ2v) is 4.94. The van der Waals surface area contributed by atoms with Gasteiger partial charge in [-0.1, -0.05) is 13.0 Å². The highest BCUT2D eigenvalue weighted by Gasteiger charge is 2.11. The molecule has 0 amide bonds. The van der Waals surface area contributed by atoms with Crippen molar-refractivity contribution < 1.29 is 0 Å². The summed E-state index contributed by atoms with van der Waals surface area (Å²) in [6, 6.07) is 4.13. The lowest BCUT2D eigenvalue weighted by molar-refractivity contribution is 0.954. The quantitative estimate of drug-likeness (QED) is 0.896. The third kappa shape index (κ3) is 2.64. The van der Waals surface area contributed by atoms with Gasteiger partial charge in [-0.05, 0) is 31.7 Å². The van der Waals surface area contributed by atoms with Crippen LogP contribution in [0.25, 0.3) is 10.6 Å². The molecule has 0 fully saturated rings. The van der Waals surface area contributed by atoms with E-state index in [0.29, 0.717) is 0 Å². The number of hydrogen-bond donors (Lipinski definition) is 1. The van der Waals surface area contributed by atoms with Gasteiger partial charge < -0.3 is 5.32 Å². The molecule has 0 aromatic carbocycles. The summed E-state index contributed by atoms with van der Waals surface area (Å²) in [5, 5.41) is 5.42. The van der Waals surface area contributed by atoms with Gasteiger partial charge in [-0.25, -0.2) is 9.97 Å². The van der Waals surface area contributed by atoms with Crippen molar-refractivity contribution in [3.05, 3.63) is 28.9 Å². The molecule has 0 aliphatic heterocycles. The maximum Gasteiger partial charge on any atom is 0.153 e. The molecule has 0 bridgehead atoms. The van der Waals surface area contributed by atoms with E-state index in [1.54, 1.807) is 11.3 Å². The van der Waals surface area contributed by atoms with E-state index in [0.717, 1.165) is 35.9 Å². The van der Waals surface area contributed by atoms with E-state index in [9.17, 15) is 0 Å². The minimum atomic E-state index is 0.900. The molecule has 0 radical (unpaired) electrons. The van der Waals surface area contributed by atoms with E-state index in [4.69, 9.17) is 0 Å². The lowest BCUT2D eigenvalue weighted by atomic mass is 10.2. The van der Waals surface area contributed by atoms with Crippen LogP contribution in [0.1, 0.15) is 24.7 Å². The van der Waals surface area contributed by atoms with Gasteiger partial charge in [0.1, 0.15) is 5.69 Å². The highest BCUT2D eigenvalue weighted by Crippen LogP contribution is 2.29. The zero-order valence-corrected chi connectivity index (χ0v) is 11.3. The highest BCUT2D eigenvalue weighted by molar-refractivity contribution is 7.13. The van der Waals surface area contributed by atoms with Gasteiger partial charge in [0.05, 0.1) is 16.3 Å². The average molecular weight is 247 g/mol. The molecule has 0 saturated heterocycles. The molecule has 0 aliphatic rings. The molecule has 0 saturated carbocycles. The topological polar surface area (TPSA) is 37.8 Å². The lowest BCUT2D eigenvalue weighted by Crippen LogP contribution is -2.07. The number of nitrogens with zero attached hydrogens (tertiary/aromatic N) is 2.